The molecule has 0 spiro atoms. The molecule has 2 aromatic heterocycles. The van der Waals surface area contributed by atoms with Crippen molar-refractivity contribution >= 4 is 17.0 Å². The van der Waals surface area contributed by atoms with Gasteiger partial charge in [0.05, 0.1) is 6.33 Å². The van der Waals surface area contributed by atoms with Crippen molar-refractivity contribution in [1.82, 2.24) is 19.5 Å². The summed E-state index contributed by atoms with van der Waals surface area (Å²) in [6.45, 7) is 3.35. The molecule has 8 heteroatoms. The van der Waals surface area contributed by atoms with Crippen LogP contribution in [0.1, 0.15) is 58.8 Å². The molecular formula is C22H33N5O3. The second-order valence-corrected chi connectivity index (χ2v) is 10.00. The Morgan fingerprint density at radius 2 is 1.80 bits per heavy atom. The summed E-state index contributed by atoms with van der Waals surface area (Å²) in [7, 11) is 0. The van der Waals surface area contributed by atoms with Gasteiger partial charge in [0.15, 0.2) is 22.7 Å². The van der Waals surface area contributed by atoms with Crippen LogP contribution in [0.3, 0.4) is 0 Å². The Labute approximate surface area is 176 Å². The van der Waals surface area contributed by atoms with Gasteiger partial charge < -0.3 is 20.6 Å². The highest BCUT2D eigenvalue weighted by molar-refractivity contribution is 5.83. The first-order valence-corrected chi connectivity index (χ1v) is 11.4. The van der Waals surface area contributed by atoms with Gasteiger partial charge in [-0.05, 0) is 50.4 Å². The standard InChI is InChI=1S/C22H33N5O3/c1-13-9-22(30,21(2,29)16(13)10-28)27-12-25-18-19(23-11-24-20(18)27)26-17(14-5-3-6-14)15-7-4-8-15/h11-17,28-30H,3-10H2,1-2H3,(H,23,24,26)/t13-,16+,21+,22-/m1/s1. The van der Waals surface area contributed by atoms with Crippen molar-refractivity contribution in [1.29, 1.82) is 0 Å². The van der Waals surface area contributed by atoms with Crippen LogP contribution in [0.5, 0.6) is 0 Å². The first-order valence-electron chi connectivity index (χ1n) is 11.4. The molecule has 0 saturated heterocycles. The number of nitrogens with one attached hydrogen (secondary N) is 1. The SMILES string of the molecule is C[C@@H]1C[C@](O)(n2cnc3c(NC(C4CCC4)C4CCC4)ncnc32)[C@@](C)(O)[C@H]1CO. The van der Waals surface area contributed by atoms with Crippen molar-refractivity contribution < 1.29 is 15.3 Å². The first-order chi connectivity index (χ1) is 14.4. The van der Waals surface area contributed by atoms with E-state index < -0.39 is 17.2 Å². The van der Waals surface area contributed by atoms with Gasteiger partial charge in [0.1, 0.15) is 11.9 Å². The molecule has 8 nitrogen and oxygen atoms in total. The van der Waals surface area contributed by atoms with Crippen LogP contribution in [0, 0.1) is 23.7 Å². The fourth-order valence-corrected chi connectivity index (χ4v) is 5.94. The van der Waals surface area contributed by atoms with Gasteiger partial charge in [0.25, 0.3) is 0 Å². The maximum absolute atomic E-state index is 11.6. The lowest BCUT2D eigenvalue weighted by Gasteiger charge is -2.43. The zero-order valence-corrected chi connectivity index (χ0v) is 17.8. The lowest BCUT2D eigenvalue weighted by Crippen LogP contribution is -2.53. The number of nitrogens with zero attached hydrogens (tertiary/aromatic N) is 4. The first kappa shape index (κ1) is 20.2. The second kappa shape index (κ2) is 7.14. The molecule has 5 rings (SSSR count). The fourth-order valence-electron chi connectivity index (χ4n) is 5.94. The van der Waals surface area contributed by atoms with Gasteiger partial charge in [-0.3, -0.25) is 4.57 Å². The van der Waals surface area contributed by atoms with Crippen molar-refractivity contribution in [3.63, 3.8) is 0 Å². The molecule has 4 atom stereocenters. The van der Waals surface area contributed by atoms with Gasteiger partial charge in [-0.2, -0.15) is 0 Å². The summed E-state index contributed by atoms with van der Waals surface area (Å²) in [5.41, 5.74) is -1.98. The Bertz CT molecular complexity index is 909. The minimum atomic E-state index is -1.60. The molecule has 0 aliphatic heterocycles. The molecule has 0 bridgehead atoms. The summed E-state index contributed by atoms with van der Waals surface area (Å²) in [5.74, 6) is 1.60. The number of aromatic nitrogens is 4. The van der Waals surface area contributed by atoms with E-state index in [1.54, 1.807) is 17.8 Å². The number of rotatable bonds is 6. The number of aliphatic hydroxyl groups excluding tert-OH is 1. The van der Waals surface area contributed by atoms with E-state index in [0.29, 0.717) is 41.3 Å². The second-order valence-electron chi connectivity index (χ2n) is 10.00. The smallest absolute Gasteiger partial charge is 0.173 e. The van der Waals surface area contributed by atoms with Gasteiger partial charge in [-0.1, -0.05) is 19.8 Å². The van der Waals surface area contributed by atoms with E-state index in [2.05, 4.69) is 20.3 Å². The number of aliphatic hydroxyl groups is 3. The summed E-state index contributed by atoms with van der Waals surface area (Å²) in [4.78, 5) is 13.5. The Morgan fingerprint density at radius 1 is 1.13 bits per heavy atom. The van der Waals surface area contributed by atoms with Crippen LogP contribution < -0.4 is 5.32 Å². The zero-order valence-electron chi connectivity index (χ0n) is 17.8. The summed E-state index contributed by atoms with van der Waals surface area (Å²) in [6, 6.07) is 0.409. The van der Waals surface area contributed by atoms with Crippen LogP contribution in [0.4, 0.5) is 5.82 Å². The van der Waals surface area contributed by atoms with Crippen LogP contribution in [0.15, 0.2) is 12.7 Å². The van der Waals surface area contributed by atoms with Gasteiger partial charge in [-0.25, -0.2) is 15.0 Å². The number of anilines is 1. The molecule has 4 N–H and O–H groups in total. The van der Waals surface area contributed by atoms with Crippen molar-refractivity contribution in [2.75, 3.05) is 11.9 Å². The molecule has 3 aliphatic carbocycles. The summed E-state index contributed by atoms with van der Waals surface area (Å²) < 4.78 is 1.57. The lowest BCUT2D eigenvalue weighted by atomic mass is 9.68. The summed E-state index contributed by atoms with van der Waals surface area (Å²) in [5, 5.41) is 36.2. The maximum Gasteiger partial charge on any atom is 0.173 e. The number of imidazole rings is 1. The molecule has 30 heavy (non-hydrogen) atoms. The fraction of sp³-hybridized carbons (Fsp3) is 0.773. The van der Waals surface area contributed by atoms with Crippen LogP contribution in [0.2, 0.25) is 0 Å². The predicted octanol–water partition coefficient (Wildman–Crippen LogP) is 2.25. The molecule has 3 aliphatic rings. The van der Waals surface area contributed by atoms with E-state index in [4.69, 9.17) is 0 Å². The van der Waals surface area contributed by atoms with Crippen LogP contribution in [0.25, 0.3) is 11.2 Å². The lowest BCUT2D eigenvalue weighted by molar-refractivity contribution is -0.190. The molecule has 3 saturated carbocycles. The average molecular weight is 416 g/mol. The molecule has 0 amide bonds. The molecule has 2 aromatic rings. The molecule has 2 heterocycles. The molecule has 164 valence electrons. The third kappa shape index (κ3) is 2.80. The van der Waals surface area contributed by atoms with Crippen molar-refractivity contribution in [3.8, 4) is 0 Å². The topological polar surface area (TPSA) is 116 Å². The van der Waals surface area contributed by atoms with Crippen LogP contribution >= 0.6 is 0 Å². The van der Waals surface area contributed by atoms with Crippen molar-refractivity contribution in [3.05, 3.63) is 12.7 Å². The molecule has 0 unspecified atom stereocenters. The number of hydrogen-bond donors (Lipinski definition) is 4. The normalized spacial score (nSPS) is 35.0. The highest BCUT2D eigenvalue weighted by atomic mass is 16.4. The minimum Gasteiger partial charge on any atom is -0.396 e. The average Bonchev–Trinajstić information content (AvgIpc) is 3.10. The largest absolute Gasteiger partial charge is 0.396 e. The molecular weight excluding hydrogens is 382 g/mol. The van der Waals surface area contributed by atoms with Crippen LogP contribution in [-0.2, 0) is 5.72 Å². The Morgan fingerprint density at radius 3 is 2.33 bits per heavy atom. The van der Waals surface area contributed by atoms with E-state index in [9.17, 15) is 15.3 Å². The van der Waals surface area contributed by atoms with E-state index in [0.717, 1.165) is 0 Å². The van der Waals surface area contributed by atoms with Crippen molar-refractivity contribution in [2.45, 2.75) is 76.2 Å². The van der Waals surface area contributed by atoms with Gasteiger partial charge in [0.2, 0.25) is 0 Å². The number of fused-ring (bicyclic) bond motifs is 1. The van der Waals surface area contributed by atoms with Crippen LogP contribution in [-0.4, -0.2) is 53.1 Å². The number of hydrogen-bond acceptors (Lipinski definition) is 7. The highest BCUT2D eigenvalue weighted by Gasteiger charge is 2.60. The van der Waals surface area contributed by atoms with E-state index in [-0.39, 0.29) is 12.5 Å². The molecule has 0 radical (unpaired) electrons. The van der Waals surface area contributed by atoms with E-state index in [1.807, 2.05) is 6.92 Å². The van der Waals surface area contributed by atoms with Gasteiger partial charge in [0, 0.05) is 25.0 Å². The highest BCUT2D eigenvalue weighted by Crippen LogP contribution is 2.50. The van der Waals surface area contributed by atoms with E-state index in [1.165, 1.54) is 44.9 Å². The third-order valence-electron chi connectivity index (χ3n) is 8.37. The molecule has 0 aromatic carbocycles. The summed E-state index contributed by atoms with van der Waals surface area (Å²) >= 11 is 0. The van der Waals surface area contributed by atoms with Crippen molar-refractivity contribution in [2.24, 2.45) is 23.7 Å². The summed E-state index contributed by atoms with van der Waals surface area (Å²) in [6.07, 6.45) is 11.0. The Kier molecular flexibility index (Phi) is 4.79. The van der Waals surface area contributed by atoms with Gasteiger partial charge >= 0.3 is 0 Å². The predicted molar refractivity (Wildman–Crippen MR) is 113 cm³/mol. The third-order valence-corrected chi connectivity index (χ3v) is 8.37. The Hall–Kier alpha value is -1.77. The van der Waals surface area contributed by atoms with Gasteiger partial charge in [-0.15, -0.1) is 0 Å². The maximum atomic E-state index is 11.6. The Balaban J connectivity index is 1.51. The monoisotopic (exact) mass is 415 g/mol. The zero-order chi connectivity index (χ0) is 21.1. The quantitative estimate of drug-likeness (QED) is 0.572. The minimum absolute atomic E-state index is 0.0477. The van der Waals surface area contributed by atoms with E-state index >= 15 is 0 Å². The molecule has 3 fully saturated rings.